The van der Waals surface area contributed by atoms with Crippen molar-refractivity contribution in [3.8, 4) is 0 Å². The molecule has 26 heavy (non-hydrogen) atoms. The van der Waals surface area contributed by atoms with Crippen LogP contribution in [0, 0.1) is 0 Å². The first-order valence-corrected chi connectivity index (χ1v) is 9.17. The Morgan fingerprint density at radius 2 is 0.923 bits per heavy atom. The van der Waals surface area contributed by atoms with Gasteiger partial charge in [0, 0.05) is 11.8 Å². The van der Waals surface area contributed by atoms with Gasteiger partial charge in [-0.2, -0.15) is 0 Å². The molecule has 0 aliphatic carbocycles. The molecule has 0 N–H and O–H groups in total. The van der Waals surface area contributed by atoms with Crippen LogP contribution in [0.3, 0.4) is 0 Å². The minimum absolute atomic E-state index is 0.349. The molecule has 0 heteroatoms. The summed E-state index contributed by atoms with van der Waals surface area (Å²) < 4.78 is 0. The van der Waals surface area contributed by atoms with Crippen LogP contribution >= 0.6 is 0 Å². The molecular formula is C26H26. The zero-order valence-electron chi connectivity index (χ0n) is 15.7. The molecule has 2 atom stereocenters. The highest BCUT2D eigenvalue weighted by molar-refractivity contribution is 5.51. The van der Waals surface area contributed by atoms with E-state index in [-0.39, 0.29) is 0 Å². The minimum Gasteiger partial charge on any atom is -0.0985 e. The summed E-state index contributed by atoms with van der Waals surface area (Å²) in [5.41, 5.74) is 7.66. The van der Waals surface area contributed by atoms with Crippen LogP contribution < -0.4 is 0 Å². The first kappa shape index (κ1) is 17.9. The summed E-state index contributed by atoms with van der Waals surface area (Å²) in [7, 11) is 0. The van der Waals surface area contributed by atoms with Gasteiger partial charge in [0.1, 0.15) is 0 Å². The quantitative estimate of drug-likeness (QED) is 0.443. The normalized spacial score (nSPS) is 13.0. The van der Waals surface area contributed by atoms with Crippen LogP contribution in [0.2, 0.25) is 0 Å². The molecule has 0 heterocycles. The van der Waals surface area contributed by atoms with Gasteiger partial charge in [-0.15, -0.1) is 0 Å². The Morgan fingerprint density at radius 1 is 0.577 bits per heavy atom. The molecule has 0 radical (unpaired) electrons. The van der Waals surface area contributed by atoms with Crippen molar-refractivity contribution in [2.45, 2.75) is 25.7 Å². The molecule has 0 saturated carbocycles. The standard InChI is InChI=1S/C26H26/c1-5-21-10-7-12-23(16-21)19(3)25-14-9-15-26(18-25)20(4)24-13-8-11-22(6-2)17-24/h5-20H,1-2H2,3-4H3. The summed E-state index contributed by atoms with van der Waals surface area (Å²) in [5, 5.41) is 0. The molecule has 0 aromatic heterocycles. The summed E-state index contributed by atoms with van der Waals surface area (Å²) >= 11 is 0. The molecule has 2 unspecified atom stereocenters. The summed E-state index contributed by atoms with van der Waals surface area (Å²) in [6.45, 7) is 12.3. The second-order valence-electron chi connectivity index (χ2n) is 6.86. The van der Waals surface area contributed by atoms with Crippen LogP contribution in [-0.2, 0) is 0 Å². The molecule has 0 amide bonds. The average molecular weight is 338 g/mol. The maximum Gasteiger partial charge on any atom is 0.00613 e. The summed E-state index contributed by atoms with van der Waals surface area (Å²) in [6.07, 6.45) is 3.81. The largest absolute Gasteiger partial charge is 0.0985 e. The van der Waals surface area contributed by atoms with E-state index in [1.807, 2.05) is 12.2 Å². The third kappa shape index (κ3) is 3.86. The predicted octanol–water partition coefficient (Wildman–Crippen LogP) is 7.28. The fourth-order valence-electron chi connectivity index (χ4n) is 3.39. The van der Waals surface area contributed by atoms with E-state index in [0.717, 1.165) is 0 Å². The Kier molecular flexibility index (Phi) is 5.53. The average Bonchev–Trinajstić information content (AvgIpc) is 2.72. The van der Waals surface area contributed by atoms with Gasteiger partial charge >= 0.3 is 0 Å². The third-order valence-corrected chi connectivity index (χ3v) is 5.20. The smallest absolute Gasteiger partial charge is 0.00613 e. The fraction of sp³-hybridized carbons (Fsp3) is 0.154. The monoisotopic (exact) mass is 338 g/mol. The highest BCUT2D eigenvalue weighted by atomic mass is 14.2. The van der Waals surface area contributed by atoms with Gasteiger partial charge in [0.2, 0.25) is 0 Å². The zero-order valence-corrected chi connectivity index (χ0v) is 15.7. The van der Waals surface area contributed by atoms with Crippen LogP contribution in [0.15, 0.2) is 86.0 Å². The molecule has 0 fully saturated rings. The lowest BCUT2D eigenvalue weighted by atomic mass is 9.87. The Balaban J connectivity index is 1.91. The highest BCUT2D eigenvalue weighted by Gasteiger charge is 2.13. The van der Waals surface area contributed by atoms with Gasteiger partial charge in [0.25, 0.3) is 0 Å². The van der Waals surface area contributed by atoms with Crippen LogP contribution in [-0.4, -0.2) is 0 Å². The van der Waals surface area contributed by atoms with Gasteiger partial charge in [-0.05, 0) is 33.4 Å². The second-order valence-corrected chi connectivity index (χ2v) is 6.86. The van der Waals surface area contributed by atoms with E-state index in [1.54, 1.807) is 0 Å². The predicted molar refractivity (Wildman–Crippen MR) is 115 cm³/mol. The summed E-state index contributed by atoms with van der Waals surface area (Å²) in [5.74, 6) is 0.697. The molecule has 0 spiro atoms. The lowest BCUT2D eigenvalue weighted by molar-refractivity contribution is 0.886. The van der Waals surface area contributed by atoms with Gasteiger partial charge in [0.05, 0.1) is 0 Å². The van der Waals surface area contributed by atoms with Gasteiger partial charge in [-0.25, -0.2) is 0 Å². The number of hydrogen-bond acceptors (Lipinski definition) is 0. The molecule has 0 bridgehead atoms. The van der Waals surface area contributed by atoms with Crippen molar-refractivity contribution in [1.29, 1.82) is 0 Å². The van der Waals surface area contributed by atoms with E-state index in [0.29, 0.717) is 11.8 Å². The number of hydrogen-bond donors (Lipinski definition) is 0. The molecule has 0 saturated heterocycles. The first-order chi connectivity index (χ1) is 12.6. The van der Waals surface area contributed by atoms with E-state index in [1.165, 1.54) is 33.4 Å². The molecule has 0 aliphatic rings. The van der Waals surface area contributed by atoms with Gasteiger partial charge < -0.3 is 0 Å². The first-order valence-electron chi connectivity index (χ1n) is 9.17. The van der Waals surface area contributed by atoms with Gasteiger partial charge in [-0.1, -0.05) is 112 Å². The highest BCUT2D eigenvalue weighted by Crippen LogP contribution is 2.30. The van der Waals surface area contributed by atoms with Crippen LogP contribution in [0.4, 0.5) is 0 Å². The Morgan fingerprint density at radius 3 is 1.31 bits per heavy atom. The molecule has 3 rings (SSSR count). The SMILES string of the molecule is C=Cc1cccc(C(C)c2cccc(C(C)c3cccc(C=C)c3)c2)c1. The van der Waals surface area contributed by atoms with E-state index in [9.17, 15) is 0 Å². The maximum absolute atomic E-state index is 3.88. The summed E-state index contributed by atoms with van der Waals surface area (Å²) in [4.78, 5) is 0. The van der Waals surface area contributed by atoms with Gasteiger partial charge in [0.15, 0.2) is 0 Å². The van der Waals surface area contributed by atoms with Crippen molar-refractivity contribution >= 4 is 12.2 Å². The Hall–Kier alpha value is -2.86. The van der Waals surface area contributed by atoms with Crippen LogP contribution in [0.25, 0.3) is 12.2 Å². The van der Waals surface area contributed by atoms with Crippen LogP contribution in [0.1, 0.15) is 59.1 Å². The Labute approximate surface area is 157 Å². The topological polar surface area (TPSA) is 0 Å². The van der Waals surface area contributed by atoms with Crippen LogP contribution in [0.5, 0.6) is 0 Å². The van der Waals surface area contributed by atoms with Crippen molar-refractivity contribution in [2.24, 2.45) is 0 Å². The van der Waals surface area contributed by atoms with Gasteiger partial charge in [-0.3, -0.25) is 0 Å². The summed E-state index contributed by atoms with van der Waals surface area (Å²) in [6, 6.07) is 26.2. The van der Waals surface area contributed by atoms with E-state index in [2.05, 4.69) is 99.8 Å². The molecular weight excluding hydrogens is 312 g/mol. The lowest BCUT2D eigenvalue weighted by Gasteiger charge is -2.18. The van der Waals surface area contributed by atoms with E-state index in [4.69, 9.17) is 0 Å². The molecule has 3 aromatic rings. The number of rotatable bonds is 6. The minimum atomic E-state index is 0.349. The van der Waals surface area contributed by atoms with E-state index >= 15 is 0 Å². The lowest BCUT2D eigenvalue weighted by Crippen LogP contribution is -2.01. The van der Waals surface area contributed by atoms with Crippen molar-refractivity contribution in [3.63, 3.8) is 0 Å². The maximum atomic E-state index is 3.88. The van der Waals surface area contributed by atoms with E-state index < -0.39 is 0 Å². The fourth-order valence-corrected chi connectivity index (χ4v) is 3.39. The van der Waals surface area contributed by atoms with Crippen molar-refractivity contribution < 1.29 is 0 Å². The number of benzene rings is 3. The second kappa shape index (κ2) is 8.01. The molecule has 3 aromatic carbocycles. The zero-order chi connectivity index (χ0) is 18.5. The van der Waals surface area contributed by atoms with Crippen molar-refractivity contribution in [2.75, 3.05) is 0 Å². The Bertz CT molecular complexity index is 844. The molecule has 0 aliphatic heterocycles. The molecule has 130 valence electrons. The molecule has 0 nitrogen and oxygen atoms in total. The van der Waals surface area contributed by atoms with Crippen molar-refractivity contribution in [3.05, 3.63) is 119 Å². The third-order valence-electron chi connectivity index (χ3n) is 5.20. The van der Waals surface area contributed by atoms with Crippen molar-refractivity contribution in [1.82, 2.24) is 0 Å².